The molecule has 0 aromatic heterocycles. The summed E-state index contributed by atoms with van der Waals surface area (Å²) >= 11 is 0. The van der Waals surface area contributed by atoms with Crippen LogP contribution in [0.4, 0.5) is 0 Å². The van der Waals surface area contributed by atoms with E-state index in [1.165, 1.54) is 49.9 Å². The molecule has 0 saturated carbocycles. The van der Waals surface area contributed by atoms with Crippen molar-refractivity contribution in [3.05, 3.63) is 35.4 Å². The SMILES string of the molecule is CCC1(CC)CCN(C2CC(C)c3ccccc3C2N)C1. The Kier molecular flexibility index (Phi) is 4.11. The molecule has 1 aliphatic heterocycles. The molecule has 1 saturated heterocycles. The van der Waals surface area contributed by atoms with E-state index in [1.54, 1.807) is 0 Å². The van der Waals surface area contributed by atoms with Crippen LogP contribution in [0, 0.1) is 5.41 Å². The summed E-state index contributed by atoms with van der Waals surface area (Å²) in [5, 5.41) is 0. The highest BCUT2D eigenvalue weighted by molar-refractivity contribution is 5.36. The Morgan fingerprint density at radius 2 is 1.86 bits per heavy atom. The Morgan fingerprint density at radius 1 is 1.19 bits per heavy atom. The number of hydrogen-bond acceptors (Lipinski definition) is 2. The van der Waals surface area contributed by atoms with Gasteiger partial charge in [0.05, 0.1) is 0 Å². The molecule has 1 aromatic carbocycles. The van der Waals surface area contributed by atoms with Gasteiger partial charge in [0, 0.05) is 18.6 Å². The molecule has 1 aliphatic carbocycles. The van der Waals surface area contributed by atoms with Gasteiger partial charge in [0.2, 0.25) is 0 Å². The van der Waals surface area contributed by atoms with Crippen molar-refractivity contribution >= 4 is 0 Å². The van der Waals surface area contributed by atoms with E-state index in [0.29, 0.717) is 17.4 Å². The van der Waals surface area contributed by atoms with Crippen LogP contribution in [0.3, 0.4) is 0 Å². The number of nitrogens with zero attached hydrogens (tertiary/aromatic N) is 1. The number of likely N-dealkylation sites (tertiary alicyclic amines) is 1. The van der Waals surface area contributed by atoms with Gasteiger partial charge in [-0.15, -0.1) is 0 Å². The summed E-state index contributed by atoms with van der Waals surface area (Å²) in [7, 11) is 0. The van der Waals surface area contributed by atoms with Crippen LogP contribution in [0.5, 0.6) is 0 Å². The molecule has 0 bridgehead atoms. The summed E-state index contributed by atoms with van der Waals surface area (Å²) in [6.45, 7) is 9.54. The van der Waals surface area contributed by atoms with Crippen LogP contribution in [0.25, 0.3) is 0 Å². The van der Waals surface area contributed by atoms with Crippen LogP contribution in [0.15, 0.2) is 24.3 Å². The third kappa shape index (κ3) is 2.53. The molecule has 2 aliphatic rings. The molecule has 0 radical (unpaired) electrons. The van der Waals surface area contributed by atoms with Gasteiger partial charge in [-0.05, 0) is 54.7 Å². The topological polar surface area (TPSA) is 29.3 Å². The van der Waals surface area contributed by atoms with Gasteiger partial charge in [-0.25, -0.2) is 0 Å². The third-order valence-corrected chi connectivity index (χ3v) is 6.33. The quantitative estimate of drug-likeness (QED) is 0.907. The van der Waals surface area contributed by atoms with Crippen molar-refractivity contribution in [3.8, 4) is 0 Å². The van der Waals surface area contributed by atoms with Gasteiger partial charge in [-0.3, -0.25) is 4.90 Å². The van der Waals surface area contributed by atoms with Crippen molar-refractivity contribution in [2.45, 2.75) is 64.5 Å². The molecular weight excluding hydrogens is 256 g/mol. The Balaban J connectivity index is 1.82. The zero-order valence-corrected chi connectivity index (χ0v) is 13.8. The summed E-state index contributed by atoms with van der Waals surface area (Å²) in [6.07, 6.45) is 5.16. The van der Waals surface area contributed by atoms with Crippen molar-refractivity contribution in [2.24, 2.45) is 11.1 Å². The van der Waals surface area contributed by atoms with E-state index in [0.717, 1.165) is 0 Å². The number of hydrogen-bond donors (Lipinski definition) is 1. The predicted molar refractivity (Wildman–Crippen MR) is 89.4 cm³/mol. The summed E-state index contributed by atoms with van der Waals surface area (Å²) in [5.74, 6) is 0.629. The van der Waals surface area contributed by atoms with E-state index in [1.807, 2.05) is 0 Å². The molecule has 1 fully saturated rings. The van der Waals surface area contributed by atoms with Crippen LogP contribution < -0.4 is 5.73 Å². The molecule has 21 heavy (non-hydrogen) atoms. The first-order chi connectivity index (χ1) is 10.1. The van der Waals surface area contributed by atoms with Gasteiger partial charge in [0.1, 0.15) is 0 Å². The fourth-order valence-electron chi connectivity index (χ4n) is 4.56. The molecule has 1 heterocycles. The maximum absolute atomic E-state index is 6.66. The first kappa shape index (κ1) is 15.1. The lowest BCUT2D eigenvalue weighted by atomic mass is 9.77. The molecule has 2 nitrogen and oxygen atoms in total. The Hall–Kier alpha value is -0.860. The third-order valence-electron chi connectivity index (χ3n) is 6.33. The standard InChI is InChI=1S/C19H30N2/c1-4-19(5-2)10-11-21(13-19)17-12-14(3)15-8-6-7-9-16(15)18(17)20/h6-9,14,17-18H,4-5,10-13,20H2,1-3H3. The number of benzene rings is 1. The van der Waals surface area contributed by atoms with Gasteiger partial charge in [0.25, 0.3) is 0 Å². The van der Waals surface area contributed by atoms with Crippen LogP contribution in [-0.4, -0.2) is 24.0 Å². The first-order valence-corrected chi connectivity index (χ1v) is 8.68. The van der Waals surface area contributed by atoms with E-state index in [4.69, 9.17) is 5.73 Å². The first-order valence-electron chi connectivity index (χ1n) is 8.68. The lowest BCUT2D eigenvalue weighted by Crippen LogP contribution is -2.45. The summed E-state index contributed by atoms with van der Waals surface area (Å²) < 4.78 is 0. The molecule has 0 amide bonds. The lowest BCUT2D eigenvalue weighted by molar-refractivity contribution is 0.153. The monoisotopic (exact) mass is 286 g/mol. The van der Waals surface area contributed by atoms with Crippen molar-refractivity contribution in [1.82, 2.24) is 4.90 Å². The zero-order valence-electron chi connectivity index (χ0n) is 13.8. The van der Waals surface area contributed by atoms with Gasteiger partial charge in [-0.1, -0.05) is 45.0 Å². The molecule has 1 aromatic rings. The van der Waals surface area contributed by atoms with Gasteiger partial charge < -0.3 is 5.73 Å². The Bertz CT molecular complexity index is 492. The van der Waals surface area contributed by atoms with E-state index in [2.05, 4.69) is 49.9 Å². The molecule has 2 N–H and O–H groups in total. The molecule has 3 unspecified atom stereocenters. The fourth-order valence-corrected chi connectivity index (χ4v) is 4.56. The van der Waals surface area contributed by atoms with Gasteiger partial charge >= 0.3 is 0 Å². The van der Waals surface area contributed by atoms with Crippen molar-refractivity contribution in [3.63, 3.8) is 0 Å². The van der Waals surface area contributed by atoms with Gasteiger partial charge in [0.15, 0.2) is 0 Å². The van der Waals surface area contributed by atoms with Crippen LogP contribution in [0.1, 0.15) is 69.5 Å². The summed E-state index contributed by atoms with van der Waals surface area (Å²) in [4.78, 5) is 2.70. The maximum Gasteiger partial charge on any atom is 0.0456 e. The molecular formula is C19H30N2. The van der Waals surface area contributed by atoms with Crippen molar-refractivity contribution in [2.75, 3.05) is 13.1 Å². The minimum absolute atomic E-state index is 0.182. The average molecular weight is 286 g/mol. The largest absolute Gasteiger partial charge is 0.323 e. The number of nitrogens with two attached hydrogens (primary N) is 1. The van der Waals surface area contributed by atoms with Crippen molar-refractivity contribution in [1.29, 1.82) is 0 Å². The summed E-state index contributed by atoms with van der Waals surface area (Å²) in [5.41, 5.74) is 10.1. The van der Waals surface area contributed by atoms with Crippen molar-refractivity contribution < 1.29 is 0 Å². The van der Waals surface area contributed by atoms with E-state index >= 15 is 0 Å². The molecule has 116 valence electrons. The average Bonchev–Trinajstić information content (AvgIpc) is 2.96. The van der Waals surface area contributed by atoms with Crippen LogP contribution in [0.2, 0.25) is 0 Å². The fraction of sp³-hybridized carbons (Fsp3) is 0.684. The lowest BCUT2D eigenvalue weighted by Gasteiger charge is -2.41. The normalized spacial score (nSPS) is 32.1. The molecule has 3 atom stereocenters. The second kappa shape index (κ2) is 5.73. The number of rotatable bonds is 3. The number of fused-ring (bicyclic) bond motifs is 1. The summed E-state index contributed by atoms with van der Waals surface area (Å²) in [6, 6.07) is 9.50. The highest BCUT2D eigenvalue weighted by Crippen LogP contribution is 2.44. The van der Waals surface area contributed by atoms with Crippen LogP contribution in [-0.2, 0) is 0 Å². The molecule has 3 rings (SSSR count). The van der Waals surface area contributed by atoms with E-state index < -0.39 is 0 Å². The second-order valence-electron chi connectivity index (χ2n) is 7.29. The minimum Gasteiger partial charge on any atom is -0.323 e. The van der Waals surface area contributed by atoms with Gasteiger partial charge in [-0.2, -0.15) is 0 Å². The van der Waals surface area contributed by atoms with Crippen LogP contribution >= 0.6 is 0 Å². The van der Waals surface area contributed by atoms with E-state index in [9.17, 15) is 0 Å². The maximum atomic E-state index is 6.66. The predicted octanol–water partition coefficient (Wildman–Crippen LogP) is 4.07. The highest BCUT2D eigenvalue weighted by atomic mass is 15.2. The highest BCUT2D eigenvalue weighted by Gasteiger charge is 2.42. The molecule has 2 heteroatoms. The van der Waals surface area contributed by atoms with E-state index in [-0.39, 0.29) is 6.04 Å². The molecule has 0 spiro atoms. The smallest absolute Gasteiger partial charge is 0.0456 e. The second-order valence-corrected chi connectivity index (χ2v) is 7.29. The minimum atomic E-state index is 0.182. The zero-order chi connectivity index (χ0) is 15.0. The Labute approximate surface area is 129 Å². The Morgan fingerprint density at radius 3 is 2.48 bits per heavy atom.